The van der Waals surface area contributed by atoms with Crippen molar-refractivity contribution in [1.82, 2.24) is 5.32 Å². The van der Waals surface area contributed by atoms with Gasteiger partial charge >= 0.3 is 5.97 Å². The quantitative estimate of drug-likeness (QED) is 0.0657. The highest BCUT2D eigenvalue weighted by Gasteiger charge is 1.98. The van der Waals surface area contributed by atoms with Crippen molar-refractivity contribution < 1.29 is 9.90 Å². The summed E-state index contributed by atoms with van der Waals surface area (Å²) in [6.45, 7) is 4.19. The van der Waals surface area contributed by atoms with Gasteiger partial charge < -0.3 is 10.4 Å². The number of unbranched alkanes of at least 4 members (excludes halogenated alkanes) is 35. The van der Waals surface area contributed by atoms with Crippen LogP contribution < -0.4 is 5.32 Å². The molecular formula is C42H85NO2. The fourth-order valence-corrected chi connectivity index (χ4v) is 6.82. The van der Waals surface area contributed by atoms with Crippen LogP contribution in [0.4, 0.5) is 0 Å². The highest BCUT2D eigenvalue weighted by molar-refractivity contribution is 5.66. The third-order valence-corrected chi connectivity index (χ3v) is 9.95. The molecule has 0 fully saturated rings. The first-order chi connectivity index (χ1) is 22.3. The zero-order valence-corrected chi connectivity index (χ0v) is 31.1. The van der Waals surface area contributed by atoms with Crippen molar-refractivity contribution in [2.24, 2.45) is 0 Å². The number of nitrogens with one attached hydrogen (secondary N) is 1. The van der Waals surface area contributed by atoms with Gasteiger partial charge in [-0.3, -0.25) is 4.79 Å². The zero-order chi connectivity index (χ0) is 32.6. The minimum Gasteiger partial charge on any atom is -0.481 e. The first-order valence-electron chi connectivity index (χ1n) is 21.2. The Morgan fingerprint density at radius 2 is 0.533 bits per heavy atom. The number of carbonyl (C=O) groups is 1. The molecule has 0 atom stereocenters. The van der Waals surface area contributed by atoms with Crippen LogP contribution in [0.25, 0.3) is 0 Å². The van der Waals surface area contributed by atoms with E-state index in [2.05, 4.69) is 12.2 Å². The highest BCUT2D eigenvalue weighted by Crippen LogP contribution is 2.17. The number of hydrogen-bond donors (Lipinski definition) is 2. The molecule has 0 radical (unpaired) electrons. The molecule has 0 heterocycles. The number of rotatable bonds is 41. The lowest BCUT2D eigenvalue weighted by molar-refractivity contribution is -0.137. The van der Waals surface area contributed by atoms with Crippen molar-refractivity contribution >= 4 is 5.97 Å². The smallest absolute Gasteiger partial charge is 0.303 e. The molecule has 0 aromatic carbocycles. The summed E-state index contributed by atoms with van der Waals surface area (Å²) in [4.78, 5) is 10.5. The molecule has 3 nitrogen and oxygen atoms in total. The van der Waals surface area contributed by atoms with Crippen LogP contribution in [0.2, 0.25) is 0 Å². The molecule has 0 rings (SSSR count). The Morgan fingerprint density at radius 3 is 0.756 bits per heavy atom. The van der Waals surface area contributed by atoms with Gasteiger partial charge in [-0.2, -0.15) is 0 Å². The van der Waals surface area contributed by atoms with Gasteiger partial charge in [-0.05, 0) is 25.9 Å². The second-order valence-corrected chi connectivity index (χ2v) is 14.6. The lowest BCUT2D eigenvalue weighted by atomic mass is 10.0. The maximum Gasteiger partial charge on any atom is 0.303 e. The van der Waals surface area contributed by atoms with E-state index in [1.165, 1.54) is 231 Å². The standard InChI is InChI=1S/C42H85NO2/c1-2-3-4-5-6-7-8-9-10-11-12-13-14-15-16-17-18-19-20-21-22-23-24-25-26-27-28-29-30-31-32-33-34-35-36-37-40-43-41-38-39-42(44)45/h43H,2-41H2,1H3,(H,44,45). The van der Waals surface area contributed by atoms with E-state index in [0.29, 0.717) is 0 Å². The predicted molar refractivity (Wildman–Crippen MR) is 202 cm³/mol. The maximum absolute atomic E-state index is 10.5. The predicted octanol–water partition coefficient (Wildman–Crippen LogP) is 14.5. The molecule has 270 valence electrons. The number of carboxylic acids is 1. The van der Waals surface area contributed by atoms with Crippen LogP contribution >= 0.6 is 0 Å². The van der Waals surface area contributed by atoms with Crippen molar-refractivity contribution in [1.29, 1.82) is 0 Å². The average molecular weight is 636 g/mol. The monoisotopic (exact) mass is 636 g/mol. The molecule has 0 aromatic rings. The van der Waals surface area contributed by atoms with Crippen molar-refractivity contribution in [3.63, 3.8) is 0 Å². The molecule has 0 bridgehead atoms. The summed E-state index contributed by atoms with van der Waals surface area (Å²) in [6.07, 6.45) is 53.2. The van der Waals surface area contributed by atoms with Crippen molar-refractivity contribution in [2.45, 2.75) is 251 Å². The van der Waals surface area contributed by atoms with Gasteiger partial charge in [-0.25, -0.2) is 0 Å². The lowest BCUT2D eigenvalue weighted by Crippen LogP contribution is -2.17. The lowest BCUT2D eigenvalue weighted by Gasteiger charge is -2.05. The largest absolute Gasteiger partial charge is 0.481 e. The molecule has 0 unspecified atom stereocenters. The van der Waals surface area contributed by atoms with Crippen LogP contribution in [0, 0.1) is 0 Å². The molecule has 0 aromatic heterocycles. The molecule has 0 saturated carbocycles. The molecule has 0 aliphatic heterocycles. The van der Waals surface area contributed by atoms with Crippen LogP contribution in [0.3, 0.4) is 0 Å². The van der Waals surface area contributed by atoms with Crippen molar-refractivity contribution in [3.05, 3.63) is 0 Å². The van der Waals surface area contributed by atoms with Crippen LogP contribution in [0.15, 0.2) is 0 Å². The van der Waals surface area contributed by atoms with Gasteiger partial charge in [-0.15, -0.1) is 0 Å². The Bertz CT molecular complexity index is 537. The first-order valence-corrected chi connectivity index (χ1v) is 21.2. The Morgan fingerprint density at radius 1 is 0.333 bits per heavy atom. The molecule has 0 aliphatic rings. The van der Waals surface area contributed by atoms with E-state index in [1.54, 1.807) is 0 Å². The third kappa shape index (κ3) is 43.4. The van der Waals surface area contributed by atoms with E-state index in [9.17, 15) is 4.79 Å². The molecule has 2 N–H and O–H groups in total. The summed E-state index contributed by atoms with van der Waals surface area (Å²) in [5, 5.41) is 12.0. The maximum atomic E-state index is 10.5. The second-order valence-electron chi connectivity index (χ2n) is 14.6. The Labute approximate surface area is 284 Å². The molecule has 0 saturated heterocycles. The minimum atomic E-state index is -0.687. The molecule has 0 amide bonds. The van der Waals surface area contributed by atoms with Crippen LogP contribution in [0.5, 0.6) is 0 Å². The summed E-state index contributed by atoms with van der Waals surface area (Å²) >= 11 is 0. The van der Waals surface area contributed by atoms with Gasteiger partial charge in [0.05, 0.1) is 0 Å². The fraction of sp³-hybridized carbons (Fsp3) is 0.976. The van der Waals surface area contributed by atoms with E-state index in [-0.39, 0.29) is 6.42 Å². The van der Waals surface area contributed by atoms with Crippen LogP contribution in [-0.2, 0) is 4.79 Å². The van der Waals surface area contributed by atoms with Gasteiger partial charge in [0, 0.05) is 6.42 Å². The van der Waals surface area contributed by atoms with E-state index >= 15 is 0 Å². The molecule has 0 spiro atoms. The van der Waals surface area contributed by atoms with E-state index < -0.39 is 5.97 Å². The van der Waals surface area contributed by atoms with Crippen LogP contribution in [-0.4, -0.2) is 24.2 Å². The number of aliphatic carboxylic acids is 1. The van der Waals surface area contributed by atoms with E-state index in [0.717, 1.165) is 19.5 Å². The number of carboxylic acid groups (broad SMARTS) is 1. The summed E-state index contributed by atoms with van der Waals surface area (Å²) in [5.41, 5.74) is 0. The van der Waals surface area contributed by atoms with Crippen LogP contribution in [0.1, 0.15) is 251 Å². The van der Waals surface area contributed by atoms with Gasteiger partial charge in [-0.1, -0.05) is 232 Å². The summed E-state index contributed by atoms with van der Waals surface area (Å²) < 4.78 is 0. The Balaban J connectivity index is 3.04. The Kier molecular flexibility index (Phi) is 40.9. The fourth-order valence-electron chi connectivity index (χ4n) is 6.82. The average Bonchev–Trinajstić information content (AvgIpc) is 3.03. The summed E-state index contributed by atoms with van der Waals surface area (Å²) in [5.74, 6) is -0.687. The Hall–Kier alpha value is -0.570. The van der Waals surface area contributed by atoms with Crippen molar-refractivity contribution in [2.75, 3.05) is 13.1 Å². The zero-order valence-electron chi connectivity index (χ0n) is 31.1. The first kappa shape index (κ1) is 44.4. The van der Waals surface area contributed by atoms with Gasteiger partial charge in [0.2, 0.25) is 0 Å². The van der Waals surface area contributed by atoms with Gasteiger partial charge in [0.1, 0.15) is 0 Å². The molecular weight excluding hydrogens is 550 g/mol. The summed E-state index contributed by atoms with van der Waals surface area (Å²) in [6, 6.07) is 0. The van der Waals surface area contributed by atoms with Crippen molar-refractivity contribution in [3.8, 4) is 0 Å². The topological polar surface area (TPSA) is 49.3 Å². The molecule has 0 aliphatic carbocycles. The minimum absolute atomic E-state index is 0.284. The summed E-state index contributed by atoms with van der Waals surface area (Å²) in [7, 11) is 0. The van der Waals surface area contributed by atoms with E-state index in [4.69, 9.17) is 5.11 Å². The van der Waals surface area contributed by atoms with Gasteiger partial charge in [0.15, 0.2) is 0 Å². The van der Waals surface area contributed by atoms with Gasteiger partial charge in [0.25, 0.3) is 0 Å². The van der Waals surface area contributed by atoms with E-state index in [1.807, 2.05) is 0 Å². The third-order valence-electron chi connectivity index (χ3n) is 9.95. The molecule has 3 heteroatoms. The second kappa shape index (κ2) is 41.5. The molecule has 45 heavy (non-hydrogen) atoms. The SMILES string of the molecule is CCCCCCCCCCCCCCCCCCCCCCCCCCCCCCCCCCCCCCNCCCC(=O)O. The highest BCUT2D eigenvalue weighted by atomic mass is 16.4. The number of hydrogen-bond acceptors (Lipinski definition) is 2. The normalized spacial score (nSPS) is 11.5.